The van der Waals surface area contributed by atoms with E-state index in [9.17, 15) is 9.59 Å². The standard InChI is InChI=1S/C23H28Cl2N2O4/c1-7-31-22(29)15(3)21(28)27(13-16-8-9-17(30-6)12-14(16)2)23(4,5)18-10-11-19(24)26-20(18)25/h8-12,15H,7,13H2,1-6H3. The van der Waals surface area contributed by atoms with E-state index in [1.165, 1.54) is 0 Å². The minimum absolute atomic E-state index is 0.199. The molecule has 0 saturated carbocycles. The van der Waals surface area contributed by atoms with Crippen molar-refractivity contribution in [3.63, 3.8) is 0 Å². The molecule has 0 radical (unpaired) electrons. The summed E-state index contributed by atoms with van der Waals surface area (Å²) in [6, 6.07) is 9.01. The molecule has 0 fully saturated rings. The number of hydrogen-bond donors (Lipinski definition) is 0. The SMILES string of the molecule is CCOC(=O)C(C)C(=O)N(Cc1ccc(OC)cc1C)C(C)(C)c1ccc(Cl)nc1Cl. The lowest BCUT2D eigenvalue weighted by Crippen LogP contribution is -2.49. The fourth-order valence-corrected chi connectivity index (χ4v) is 3.89. The monoisotopic (exact) mass is 466 g/mol. The molecule has 1 aromatic carbocycles. The average molecular weight is 467 g/mol. The van der Waals surface area contributed by atoms with E-state index in [0.717, 1.165) is 16.9 Å². The molecule has 0 saturated heterocycles. The topological polar surface area (TPSA) is 68.7 Å². The van der Waals surface area contributed by atoms with E-state index < -0.39 is 17.4 Å². The molecule has 0 N–H and O–H groups in total. The van der Waals surface area contributed by atoms with Crippen LogP contribution in [-0.4, -0.2) is 35.5 Å². The van der Waals surface area contributed by atoms with Crippen LogP contribution >= 0.6 is 23.2 Å². The predicted molar refractivity (Wildman–Crippen MR) is 121 cm³/mol. The van der Waals surface area contributed by atoms with Crippen molar-refractivity contribution in [3.8, 4) is 5.75 Å². The Morgan fingerprint density at radius 2 is 1.87 bits per heavy atom. The van der Waals surface area contributed by atoms with E-state index in [1.54, 1.807) is 38.0 Å². The normalized spacial score (nSPS) is 12.3. The van der Waals surface area contributed by atoms with Gasteiger partial charge in [0.15, 0.2) is 0 Å². The smallest absolute Gasteiger partial charge is 0.318 e. The number of hydrogen-bond acceptors (Lipinski definition) is 5. The van der Waals surface area contributed by atoms with Crippen molar-refractivity contribution in [1.29, 1.82) is 0 Å². The summed E-state index contributed by atoms with van der Waals surface area (Å²) in [6.07, 6.45) is 0. The fraction of sp³-hybridized carbons (Fsp3) is 0.435. The molecule has 8 heteroatoms. The summed E-state index contributed by atoms with van der Waals surface area (Å²) < 4.78 is 10.4. The highest BCUT2D eigenvalue weighted by Crippen LogP contribution is 2.36. The van der Waals surface area contributed by atoms with Crippen molar-refractivity contribution in [2.75, 3.05) is 13.7 Å². The van der Waals surface area contributed by atoms with Crippen molar-refractivity contribution in [1.82, 2.24) is 9.88 Å². The number of nitrogens with zero attached hydrogens (tertiary/aromatic N) is 2. The Morgan fingerprint density at radius 3 is 2.42 bits per heavy atom. The van der Waals surface area contributed by atoms with Crippen LogP contribution in [-0.2, 0) is 26.4 Å². The molecule has 1 unspecified atom stereocenters. The third kappa shape index (κ3) is 5.69. The minimum Gasteiger partial charge on any atom is -0.497 e. The highest BCUT2D eigenvalue weighted by atomic mass is 35.5. The number of methoxy groups -OCH3 is 1. The van der Waals surface area contributed by atoms with Crippen LogP contribution < -0.4 is 4.74 Å². The summed E-state index contributed by atoms with van der Waals surface area (Å²) in [5, 5.41) is 0.457. The zero-order valence-electron chi connectivity index (χ0n) is 18.7. The first kappa shape index (κ1) is 25.0. The maximum atomic E-state index is 13.5. The Balaban J connectivity index is 2.53. The van der Waals surface area contributed by atoms with Gasteiger partial charge in [0.25, 0.3) is 0 Å². The van der Waals surface area contributed by atoms with E-state index in [4.69, 9.17) is 32.7 Å². The molecule has 0 aliphatic carbocycles. The van der Waals surface area contributed by atoms with Gasteiger partial charge in [-0.15, -0.1) is 0 Å². The molecule has 0 spiro atoms. The van der Waals surface area contributed by atoms with Crippen molar-refractivity contribution >= 4 is 35.1 Å². The summed E-state index contributed by atoms with van der Waals surface area (Å²) in [6.45, 7) is 9.37. The molecule has 0 bridgehead atoms. The van der Waals surface area contributed by atoms with Crippen LogP contribution in [0, 0.1) is 12.8 Å². The maximum absolute atomic E-state index is 13.5. The highest BCUT2D eigenvalue weighted by molar-refractivity contribution is 6.33. The summed E-state index contributed by atoms with van der Waals surface area (Å²) in [5.41, 5.74) is 1.60. The maximum Gasteiger partial charge on any atom is 0.318 e. The number of esters is 1. The van der Waals surface area contributed by atoms with Gasteiger partial charge < -0.3 is 14.4 Å². The molecule has 0 aliphatic rings. The zero-order chi connectivity index (χ0) is 23.3. The van der Waals surface area contributed by atoms with Gasteiger partial charge in [-0.25, -0.2) is 4.98 Å². The lowest BCUT2D eigenvalue weighted by molar-refractivity contribution is -0.157. The molecule has 1 amide bonds. The summed E-state index contributed by atoms with van der Waals surface area (Å²) in [7, 11) is 1.60. The molecule has 31 heavy (non-hydrogen) atoms. The van der Waals surface area contributed by atoms with Crippen LogP contribution in [0.3, 0.4) is 0 Å². The third-order valence-corrected chi connectivity index (χ3v) is 5.80. The number of aromatic nitrogens is 1. The van der Waals surface area contributed by atoms with E-state index in [-0.39, 0.29) is 29.4 Å². The second-order valence-corrected chi connectivity index (χ2v) is 8.47. The number of benzene rings is 1. The van der Waals surface area contributed by atoms with Gasteiger partial charge >= 0.3 is 5.97 Å². The van der Waals surface area contributed by atoms with Gasteiger partial charge in [-0.05, 0) is 63.9 Å². The van der Waals surface area contributed by atoms with Crippen molar-refractivity contribution in [3.05, 3.63) is 57.3 Å². The Kier molecular flexibility index (Phi) is 8.32. The van der Waals surface area contributed by atoms with Gasteiger partial charge in [0, 0.05) is 12.1 Å². The molecule has 1 heterocycles. The lowest BCUT2D eigenvalue weighted by Gasteiger charge is -2.40. The van der Waals surface area contributed by atoms with Gasteiger partial charge in [0.05, 0.1) is 19.3 Å². The van der Waals surface area contributed by atoms with Crippen LogP contribution in [0.5, 0.6) is 5.75 Å². The fourth-order valence-electron chi connectivity index (χ4n) is 3.31. The van der Waals surface area contributed by atoms with Crippen molar-refractivity contribution in [2.24, 2.45) is 5.92 Å². The molecule has 168 valence electrons. The van der Waals surface area contributed by atoms with Crippen LogP contribution in [0.1, 0.15) is 44.4 Å². The second kappa shape index (κ2) is 10.3. The molecule has 6 nitrogen and oxygen atoms in total. The Morgan fingerprint density at radius 1 is 1.19 bits per heavy atom. The van der Waals surface area contributed by atoms with E-state index >= 15 is 0 Å². The molecule has 0 aliphatic heterocycles. The Hall–Kier alpha value is -2.31. The number of rotatable bonds is 8. The zero-order valence-corrected chi connectivity index (χ0v) is 20.2. The average Bonchev–Trinajstić information content (AvgIpc) is 2.71. The number of carbonyl (C=O) groups is 2. The highest BCUT2D eigenvalue weighted by Gasteiger charge is 2.39. The molecule has 1 atom stereocenters. The van der Waals surface area contributed by atoms with E-state index in [2.05, 4.69) is 4.98 Å². The van der Waals surface area contributed by atoms with Gasteiger partial charge in [0.2, 0.25) is 5.91 Å². The first-order valence-electron chi connectivity index (χ1n) is 9.97. The summed E-state index contributed by atoms with van der Waals surface area (Å²) >= 11 is 12.4. The largest absolute Gasteiger partial charge is 0.497 e. The van der Waals surface area contributed by atoms with Crippen LogP contribution in [0.25, 0.3) is 0 Å². The Bertz CT molecular complexity index is 963. The predicted octanol–water partition coefficient (Wildman–Crippen LogP) is 5.17. The first-order valence-corrected chi connectivity index (χ1v) is 10.7. The lowest BCUT2D eigenvalue weighted by atomic mass is 9.91. The van der Waals surface area contributed by atoms with Crippen molar-refractivity contribution in [2.45, 2.75) is 46.7 Å². The summed E-state index contributed by atoms with van der Waals surface area (Å²) in [4.78, 5) is 31.6. The quantitative estimate of drug-likeness (QED) is 0.305. The van der Waals surface area contributed by atoms with Gasteiger partial charge in [-0.3, -0.25) is 9.59 Å². The van der Waals surface area contributed by atoms with E-state index in [1.807, 2.05) is 39.0 Å². The van der Waals surface area contributed by atoms with Crippen LogP contribution in [0.2, 0.25) is 10.3 Å². The second-order valence-electron chi connectivity index (χ2n) is 7.72. The molecular formula is C23H28Cl2N2O4. The number of aryl methyl sites for hydroxylation is 1. The van der Waals surface area contributed by atoms with Crippen molar-refractivity contribution < 1.29 is 19.1 Å². The molecule has 2 aromatic rings. The van der Waals surface area contributed by atoms with Crippen LogP contribution in [0.15, 0.2) is 30.3 Å². The minimum atomic E-state index is -0.975. The van der Waals surface area contributed by atoms with Crippen LogP contribution in [0.4, 0.5) is 0 Å². The van der Waals surface area contributed by atoms with E-state index in [0.29, 0.717) is 5.56 Å². The Labute approximate surface area is 193 Å². The van der Waals surface area contributed by atoms with Gasteiger partial charge in [0.1, 0.15) is 22.0 Å². The molecule has 2 rings (SSSR count). The molecule has 1 aromatic heterocycles. The van der Waals surface area contributed by atoms with Gasteiger partial charge in [-0.1, -0.05) is 35.3 Å². The third-order valence-electron chi connectivity index (χ3n) is 5.30. The number of ether oxygens (including phenoxy) is 2. The molecular weight excluding hydrogens is 439 g/mol. The first-order chi connectivity index (χ1) is 14.5. The number of halogens is 2. The summed E-state index contributed by atoms with van der Waals surface area (Å²) in [5.74, 6) is -1.19. The number of amides is 1. The number of pyridine rings is 1. The van der Waals surface area contributed by atoms with Gasteiger partial charge in [-0.2, -0.15) is 0 Å². The number of carbonyl (C=O) groups excluding carboxylic acids is 2.